The van der Waals surface area contributed by atoms with Crippen LogP contribution in [0.15, 0.2) is 146 Å². The number of benzene rings is 9. The van der Waals surface area contributed by atoms with Gasteiger partial charge >= 0.3 is 5.97 Å². The van der Waals surface area contributed by atoms with E-state index in [0.29, 0.717) is 119 Å². The van der Waals surface area contributed by atoms with Gasteiger partial charge in [-0.2, -0.15) is 0 Å². The fourth-order valence-electron chi connectivity index (χ4n) is 16.5. The molecule has 5 N–H and O–H groups in total. The zero-order valence-electron chi connectivity index (χ0n) is 79.7. The Bertz CT molecular complexity index is 6330. The molecule has 706 valence electrons. The topological polar surface area (TPSA) is 244 Å². The van der Waals surface area contributed by atoms with Crippen LogP contribution in [-0.4, -0.2) is 122 Å². The summed E-state index contributed by atoms with van der Waals surface area (Å²) in [5.74, 6) is 3.99. The highest BCUT2D eigenvalue weighted by molar-refractivity contribution is 6.32. The van der Waals surface area contributed by atoms with Crippen molar-refractivity contribution >= 4 is 73.9 Å². The molecule has 0 aliphatic rings. The Balaban J connectivity index is 0.000000154. The Morgan fingerprint density at radius 1 is 0.341 bits per heavy atom. The van der Waals surface area contributed by atoms with Gasteiger partial charge in [0, 0.05) is 50.8 Å². The van der Waals surface area contributed by atoms with Crippen molar-refractivity contribution in [3.63, 3.8) is 0 Å². The molecule has 7 heterocycles. The smallest absolute Gasteiger partial charge is 0.306 e. The molecule has 23 nitrogen and oxygen atoms in total. The molecule has 9 aromatic carbocycles. The molecule has 0 amide bonds. The number of carbonyl (C=O) groups excluding carboxylic acids is 1. The second-order valence-corrected chi connectivity index (χ2v) is 38.3. The minimum absolute atomic E-state index is 0.0277. The zero-order valence-corrected chi connectivity index (χ0v) is 81.9. The van der Waals surface area contributed by atoms with Crippen LogP contribution < -0.4 is 18.9 Å². The molecule has 0 radical (unpaired) electrons. The Hall–Kier alpha value is -11.3. The highest BCUT2D eigenvalue weighted by Crippen LogP contribution is 2.45. The van der Waals surface area contributed by atoms with E-state index in [1.165, 1.54) is 89.0 Å². The molecule has 0 bridgehead atoms. The molecule has 132 heavy (non-hydrogen) atoms. The summed E-state index contributed by atoms with van der Waals surface area (Å²) in [5.41, 5.74) is 16.1. The number of aromatic hydroxyl groups is 5. The van der Waals surface area contributed by atoms with Crippen molar-refractivity contribution in [1.82, 2.24) is 57.1 Å². The first-order valence-electron chi connectivity index (χ1n) is 48.0. The Morgan fingerprint density at radius 3 is 1.12 bits per heavy atom. The standard InChI is InChI=1S/C37H47N3O6.C27H36ClN3O3.C25H34ClN3O.C17H18ClN3O/c1-5-9-19-43-26-13-16-29(32(41)23-26)35-38-36(30-17-14-27(24-33(30)42)44-20-10-6-2)40-37(39-35)31-18-15-28(45-21-11-7-3)25-34(31)46-22-12-8-4;1-5-6-7-8-9-10-15-34-25(32)14-11-19-16-21(27(2,3)4)26(33)24(17-19)31-29-22-13-12-20(28)18-23(22)30(29)31;1-3-4-5-6-7-8-9-10-11-12-13-20-16-19(2)17-24(25(20)30)29-27-22-15-14-21(26)18-23(22)28(27)29;1-10-7-12(17(2,3)4)16(22)15(8-10)21-19-13-6-5-11(18)9-14(13)20(19)21/h13-18,23-25,41-42H,5-12,19-22H2,1-4H3;12-13,16-18,33H,5-11,14-15H2,1-4H3;14-18,30H,3-13H2,1-2H3;5-9,22H,1-4H3. The number of aryl methyl sites for hydroxylation is 4. The summed E-state index contributed by atoms with van der Waals surface area (Å²) < 4.78 is 41.3. The molecule has 16 rings (SSSR count). The van der Waals surface area contributed by atoms with Gasteiger partial charge < -0.3 is 49.2 Å². The monoisotopic (exact) mass is 1860 g/mol. The number of carbonyl (C=O) groups is 1. The van der Waals surface area contributed by atoms with Crippen molar-refractivity contribution in [3.05, 3.63) is 194 Å². The number of halogens is 3. The summed E-state index contributed by atoms with van der Waals surface area (Å²) >= 11 is 18.3. The van der Waals surface area contributed by atoms with Crippen molar-refractivity contribution < 1.29 is 54.0 Å². The third-order valence-electron chi connectivity index (χ3n) is 24.1. The summed E-state index contributed by atoms with van der Waals surface area (Å²) in [6, 6.07) is 45.4. The minimum atomic E-state index is -0.247. The summed E-state index contributed by atoms with van der Waals surface area (Å²) in [6.45, 7) is 32.4. The van der Waals surface area contributed by atoms with Gasteiger partial charge in [-0.25, -0.2) is 15.0 Å². The van der Waals surface area contributed by atoms with Crippen LogP contribution in [0.4, 0.5) is 0 Å². The molecule has 0 aliphatic heterocycles. The number of nitrogens with zero attached hydrogens (tertiary/aromatic N) is 12. The first-order chi connectivity index (χ1) is 63.6. The fourth-order valence-corrected chi connectivity index (χ4v) is 17.0. The van der Waals surface area contributed by atoms with Gasteiger partial charge in [-0.15, -0.1) is 42.2 Å². The highest BCUT2D eigenvalue weighted by Gasteiger charge is 2.33. The Labute approximate surface area is 791 Å². The van der Waals surface area contributed by atoms with Gasteiger partial charge in [-0.3, -0.25) is 4.79 Å². The number of fused-ring (bicyclic) bond motifs is 12. The van der Waals surface area contributed by atoms with Gasteiger partial charge in [0.25, 0.3) is 0 Å². The summed E-state index contributed by atoms with van der Waals surface area (Å²) in [5, 5.41) is 57.1. The van der Waals surface area contributed by atoms with Gasteiger partial charge in [-0.1, -0.05) is 252 Å². The third-order valence-corrected chi connectivity index (χ3v) is 24.8. The summed E-state index contributed by atoms with van der Waals surface area (Å²) in [6.07, 6.45) is 29.8. The van der Waals surface area contributed by atoms with Crippen LogP contribution in [0.3, 0.4) is 0 Å². The van der Waals surface area contributed by atoms with E-state index < -0.39 is 0 Å². The lowest BCUT2D eigenvalue weighted by Crippen LogP contribution is -2.13. The Morgan fingerprint density at radius 2 is 0.697 bits per heavy atom. The van der Waals surface area contributed by atoms with Crippen LogP contribution in [0.5, 0.6) is 51.7 Å². The van der Waals surface area contributed by atoms with Crippen molar-refractivity contribution in [1.29, 1.82) is 0 Å². The maximum atomic E-state index is 12.3. The minimum Gasteiger partial charge on any atom is -0.507 e. The molecule has 0 atom stereocenters. The van der Waals surface area contributed by atoms with Crippen LogP contribution in [0.25, 0.3) is 84.3 Å². The predicted octanol–water partition coefficient (Wildman–Crippen LogP) is 27.8. The zero-order chi connectivity index (χ0) is 94.1. The second kappa shape index (κ2) is 45.0. The molecule has 7 aromatic heterocycles. The number of hydrogen-bond acceptors (Lipinski definition) is 14. The number of ether oxygens (including phenoxy) is 5. The number of hydrogen-bond donors (Lipinski definition) is 5. The molecule has 0 unspecified atom stereocenters. The average Bonchev–Trinajstić information content (AvgIpc) is 1.52. The van der Waals surface area contributed by atoms with Crippen LogP contribution >= 0.6 is 34.8 Å². The van der Waals surface area contributed by atoms with E-state index in [0.717, 1.165) is 154 Å². The lowest BCUT2D eigenvalue weighted by molar-refractivity contribution is -0.143. The Kier molecular flexibility index (Phi) is 33.5. The number of unbranched alkanes of at least 4 members (excludes halogenated alkanes) is 18. The molecule has 0 spiro atoms. The third kappa shape index (κ3) is 23.8. The van der Waals surface area contributed by atoms with E-state index >= 15 is 0 Å². The molecular weight excluding hydrogens is 1720 g/mol. The SMILES string of the molecule is CCCCCCCCCCCCc1cc(C)cc(-n2n3c4ccc(Cl)cc4n23)c1O.CCCCCCCCOC(=O)CCc1cc(-n2n3c4ccc(Cl)cc4n23)c(O)c(C(C)(C)C)c1.CCCCOc1ccc(-c2nc(-c3ccc(OCCCC)cc3O)nc(-c3ccc(OCCCC)cc3OCCCC)n2)c(O)c1.Cc1cc(-n2n3c4ccc(Cl)cc4n23)c(O)c(C(C)(C)C)c1. The molecule has 0 fully saturated rings. The normalized spacial score (nSPS) is 11.9. The van der Waals surface area contributed by atoms with Gasteiger partial charge in [0.15, 0.2) is 17.5 Å². The van der Waals surface area contributed by atoms with E-state index in [9.17, 15) is 30.3 Å². The van der Waals surface area contributed by atoms with E-state index in [2.05, 4.69) is 120 Å². The molecular formula is C106H135Cl3N12O11. The number of aromatic nitrogens is 12. The molecule has 26 heteroatoms. The van der Waals surface area contributed by atoms with Crippen molar-refractivity contribution in [2.45, 2.75) is 281 Å². The first kappa shape index (κ1) is 98.2. The van der Waals surface area contributed by atoms with Crippen LogP contribution in [0, 0.1) is 13.8 Å². The summed E-state index contributed by atoms with van der Waals surface area (Å²) in [7, 11) is 0. The number of esters is 1. The van der Waals surface area contributed by atoms with E-state index in [1.54, 1.807) is 36.4 Å². The van der Waals surface area contributed by atoms with Gasteiger partial charge in [-0.05, 0) is 207 Å². The van der Waals surface area contributed by atoms with Crippen LogP contribution in [0.1, 0.15) is 277 Å². The maximum Gasteiger partial charge on any atom is 0.306 e. The largest absolute Gasteiger partial charge is 0.507 e. The summed E-state index contributed by atoms with van der Waals surface area (Å²) in [4.78, 5) is 32.6. The highest BCUT2D eigenvalue weighted by atomic mass is 35.5. The van der Waals surface area contributed by atoms with Crippen molar-refractivity contribution in [3.8, 4) is 103 Å². The van der Waals surface area contributed by atoms with E-state index in [-0.39, 0.29) is 45.7 Å². The predicted molar refractivity (Wildman–Crippen MR) is 533 cm³/mol. The van der Waals surface area contributed by atoms with Gasteiger partial charge in [0.05, 0.1) is 49.7 Å². The van der Waals surface area contributed by atoms with Crippen LogP contribution in [0.2, 0.25) is 15.1 Å². The lowest BCUT2D eigenvalue weighted by atomic mass is 9.84. The maximum absolute atomic E-state index is 12.3. The molecule has 0 aliphatic carbocycles. The fraction of sp³-hybridized carbons (Fsp3) is 0.453. The van der Waals surface area contributed by atoms with Crippen molar-refractivity contribution in [2.24, 2.45) is 0 Å². The molecule has 16 aromatic rings. The van der Waals surface area contributed by atoms with Crippen molar-refractivity contribution in [2.75, 3.05) is 33.0 Å². The van der Waals surface area contributed by atoms with E-state index in [4.69, 9.17) is 73.4 Å². The second-order valence-electron chi connectivity index (χ2n) is 37.0. The molecule has 0 saturated carbocycles. The first-order valence-corrected chi connectivity index (χ1v) is 49.1. The number of phenolic OH excluding ortho intramolecular Hbond substituents is 5. The van der Waals surface area contributed by atoms with E-state index in [1.807, 2.05) is 129 Å². The van der Waals surface area contributed by atoms with Crippen LogP contribution in [-0.2, 0) is 33.2 Å². The molecule has 0 saturated heterocycles. The van der Waals surface area contributed by atoms with Gasteiger partial charge in [0.1, 0.15) is 102 Å². The van der Waals surface area contributed by atoms with Gasteiger partial charge in [0.2, 0.25) is 0 Å². The quantitative estimate of drug-likeness (QED) is 0.0176. The number of phenols is 5. The number of rotatable bonds is 43. The average molecular weight is 1860 g/mol. The lowest BCUT2D eigenvalue weighted by Gasteiger charge is -2.22.